The van der Waals surface area contributed by atoms with Crippen molar-refractivity contribution >= 4 is 11.0 Å². The van der Waals surface area contributed by atoms with Gasteiger partial charge in [0.1, 0.15) is 5.82 Å². The van der Waals surface area contributed by atoms with E-state index in [1.807, 2.05) is 13.8 Å². The van der Waals surface area contributed by atoms with Gasteiger partial charge in [0.05, 0.1) is 23.2 Å². The Balaban J connectivity index is 2.60. The highest BCUT2D eigenvalue weighted by atomic mass is 19.4. The second kappa shape index (κ2) is 5.44. The highest BCUT2D eigenvalue weighted by molar-refractivity contribution is 5.77. The third-order valence-corrected chi connectivity index (χ3v) is 3.48. The van der Waals surface area contributed by atoms with Gasteiger partial charge in [-0.3, -0.25) is 0 Å². The first-order valence-corrected chi connectivity index (χ1v) is 6.56. The average molecular weight is 286 g/mol. The lowest BCUT2D eigenvalue weighted by molar-refractivity contribution is -0.137. The molecule has 1 aromatic heterocycles. The molecule has 2 rings (SSSR count). The highest BCUT2D eigenvalue weighted by Crippen LogP contribution is 2.32. The van der Waals surface area contributed by atoms with Gasteiger partial charge < -0.3 is 9.67 Å². The molecule has 0 spiro atoms. The summed E-state index contributed by atoms with van der Waals surface area (Å²) in [5.41, 5.74) is 0.250. The normalized spacial score (nSPS) is 13.9. The summed E-state index contributed by atoms with van der Waals surface area (Å²) in [6.07, 6.45) is -3.54. The van der Waals surface area contributed by atoms with Gasteiger partial charge in [-0.05, 0) is 24.6 Å². The molecular formula is C14H17F3N2O. The zero-order valence-corrected chi connectivity index (χ0v) is 11.4. The van der Waals surface area contributed by atoms with E-state index in [-0.39, 0.29) is 12.5 Å². The Kier molecular flexibility index (Phi) is 4.04. The van der Waals surface area contributed by atoms with Crippen molar-refractivity contribution in [3.05, 3.63) is 29.6 Å². The number of hydrogen-bond acceptors (Lipinski definition) is 2. The van der Waals surface area contributed by atoms with Gasteiger partial charge in [-0.25, -0.2) is 4.98 Å². The van der Waals surface area contributed by atoms with Crippen LogP contribution in [0.1, 0.15) is 37.6 Å². The Morgan fingerprint density at radius 2 is 2.05 bits per heavy atom. The van der Waals surface area contributed by atoms with Gasteiger partial charge in [0, 0.05) is 12.5 Å². The Morgan fingerprint density at radius 1 is 1.35 bits per heavy atom. The number of halogens is 3. The summed E-state index contributed by atoms with van der Waals surface area (Å²) in [6.45, 7) is 4.23. The van der Waals surface area contributed by atoms with E-state index in [9.17, 15) is 13.2 Å². The summed E-state index contributed by atoms with van der Waals surface area (Å²) in [4.78, 5) is 4.33. The summed E-state index contributed by atoms with van der Waals surface area (Å²) < 4.78 is 40.0. The Labute approximate surface area is 115 Å². The van der Waals surface area contributed by atoms with E-state index in [0.29, 0.717) is 17.6 Å². The molecule has 1 unspecified atom stereocenters. The van der Waals surface area contributed by atoms with Crippen molar-refractivity contribution in [2.24, 2.45) is 0 Å². The van der Waals surface area contributed by atoms with Crippen molar-refractivity contribution in [2.75, 3.05) is 6.61 Å². The monoisotopic (exact) mass is 286 g/mol. The zero-order valence-electron chi connectivity index (χ0n) is 11.4. The Bertz CT molecular complexity index is 604. The molecule has 0 aliphatic carbocycles. The molecule has 0 radical (unpaired) electrons. The molecule has 3 nitrogen and oxygen atoms in total. The quantitative estimate of drug-likeness (QED) is 0.933. The second-order valence-electron chi connectivity index (χ2n) is 4.86. The van der Waals surface area contributed by atoms with Crippen LogP contribution in [0.15, 0.2) is 18.2 Å². The summed E-state index contributed by atoms with van der Waals surface area (Å²) in [5, 5.41) is 9.13. The van der Waals surface area contributed by atoms with Gasteiger partial charge in [-0.2, -0.15) is 13.2 Å². The molecule has 1 N–H and O–H groups in total. The number of aliphatic hydroxyl groups is 1. The lowest BCUT2D eigenvalue weighted by Crippen LogP contribution is -2.09. The molecule has 0 aliphatic heterocycles. The first-order valence-electron chi connectivity index (χ1n) is 6.56. The van der Waals surface area contributed by atoms with Crippen LogP contribution in [-0.2, 0) is 12.7 Å². The van der Waals surface area contributed by atoms with Crippen molar-refractivity contribution in [1.29, 1.82) is 0 Å². The number of fused-ring (bicyclic) bond motifs is 1. The SMILES string of the molecule is CCC(C)c1nc2cc(C(F)(F)F)ccc2n1CCO. The van der Waals surface area contributed by atoms with Gasteiger partial charge in [0.2, 0.25) is 0 Å². The number of nitrogens with zero attached hydrogens (tertiary/aromatic N) is 2. The fraction of sp³-hybridized carbons (Fsp3) is 0.500. The van der Waals surface area contributed by atoms with Gasteiger partial charge in [0.25, 0.3) is 0 Å². The molecule has 1 aromatic carbocycles. The molecular weight excluding hydrogens is 269 g/mol. The van der Waals surface area contributed by atoms with Crippen LogP contribution >= 0.6 is 0 Å². The predicted molar refractivity (Wildman–Crippen MR) is 70.5 cm³/mol. The number of aliphatic hydroxyl groups excluding tert-OH is 1. The van der Waals surface area contributed by atoms with Crippen LogP contribution in [0, 0.1) is 0 Å². The van der Waals surface area contributed by atoms with Crippen LogP contribution in [0.4, 0.5) is 13.2 Å². The first-order chi connectivity index (χ1) is 9.38. The molecule has 0 aliphatic rings. The largest absolute Gasteiger partial charge is 0.416 e. The molecule has 0 saturated heterocycles. The fourth-order valence-electron chi connectivity index (χ4n) is 2.22. The third-order valence-electron chi connectivity index (χ3n) is 3.48. The summed E-state index contributed by atoms with van der Waals surface area (Å²) >= 11 is 0. The molecule has 0 fully saturated rings. The number of rotatable bonds is 4. The lowest BCUT2D eigenvalue weighted by Gasteiger charge is -2.12. The number of benzene rings is 1. The lowest BCUT2D eigenvalue weighted by atomic mass is 10.1. The molecule has 1 heterocycles. The number of alkyl halides is 3. The van der Waals surface area contributed by atoms with Crippen molar-refractivity contribution in [2.45, 2.75) is 38.9 Å². The maximum Gasteiger partial charge on any atom is 0.416 e. The smallest absolute Gasteiger partial charge is 0.395 e. The second-order valence-corrected chi connectivity index (χ2v) is 4.86. The fourth-order valence-corrected chi connectivity index (χ4v) is 2.22. The van der Waals surface area contributed by atoms with Gasteiger partial charge in [-0.1, -0.05) is 13.8 Å². The van der Waals surface area contributed by atoms with Crippen molar-refractivity contribution in [3.8, 4) is 0 Å². The molecule has 0 bridgehead atoms. The van der Waals surface area contributed by atoms with E-state index < -0.39 is 11.7 Å². The Morgan fingerprint density at radius 3 is 2.60 bits per heavy atom. The average Bonchev–Trinajstić information content (AvgIpc) is 2.75. The van der Waals surface area contributed by atoms with E-state index >= 15 is 0 Å². The minimum absolute atomic E-state index is 0.0735. The molecule has 0 amide bonds. The van der Waals surface area contributed by atoms with Gasteiger partial charge in [-0.15, -0.1) is 0 Å². The third kappa shape index (κ3) is 2.65. The van der Waals surface area contributed by atoms with Crippen molar-refractivity contribution in [1.82, 2.24) is 9.55 Å². The van der Waals surface area contributed by atoms with E-state index in [2.05, 4.69) is 4.98 Å². The van der Waals surface area contributed by atoms with Crippen molar-refractivity contribution in [3.63, 3.8) is 0 Å². The van der Waals surface area contributed by atoms with E-state index in [1.165, 1.54) is 6.07 Å². The topological polar surface area (TPSA) is 38.0 Å². The van der Waals surface area contributed by atoms with Crippen LogP contribution in [0.5, 0.6) is 0 Å². The standard InChI is InChI=1S/C14H17F3N2O/c1-3-9(2)13-18-11-8-10(14(15,16)17)4-5-12(11)19(13)6-7-20/h4-5,8-9,20H,3,6-7H2,1-2H3. The van der Waals surface area contributed by atoms with Gasteiger partial charge in [0.15, 0.2) is 0 Å². The molecule has 0 saturated carbocycles. The number of hydrogen-bond donors (Lipinski definition) is 1. The van der Waals surface area contributed by atoms with E-state index in [1.54, 1.807) is 4.57 Å². The van der Waals surface area contributed by atoms with Crippen LogP contribution in [-0.4, -0.2) is 21.3 Å². The minimum atomic E-state index is -4.37. The van der Waals surface area contributed by atoms with Gasteiger partial charge >= 0.3 is 6.18 Å². The van der Waals surface area contributed by atoms with Crippen molar-refractivity contribution < 1.29 is 18.3 Å². The maximum absolute atomic E-state index is 12.7. The number of imidazole rings is 1. The highest BCUT2D eigenvalue weighted by Gasteiger charge is 2.31. The van der Waals surface area contributed by atoms with Crippen LogP contribution in [0.25, 0.3) is 11.0 Å². The maximum atomic E-state index is 12.7. The molecule has 20 heavy (non-hydrogen) atoms. The zero-order chi connectivity index (χ0) is 14.9. The van der Waals surface area contributed by atoms with E-state index in [0.717, 1.165) is 24.4 Å². The van der Waals surface area contributed by atoms with Crippen LogP contribution < -0.4 is 0 Å². The summed E-state index contributed by atoms with van der Waals surface area (Å²) in [6, 6.07) is 3.54. The predicted octanol–water partition coefficient (Wildman–Crippen LogP) is 3.56. The summed E-state index contributed by atoms with van der Waals surface area (Å²) in [7, 11) is 0. The Hall–Kier alpha value is -1.56. The summed E-state index contributed by atoms with van der Waals surface area (Å²) in [5.74, 6) is 0.846. The molecule has 2 aromatic rings. The molecule has 6 heteroatoms. The number of aromatic nitrogens is 2. The molecule has 1 atom stereocenters. The van der Waals surface area contributed by atoms with Crippen LogP contribution in [0.3, 0.4) is 0 Å². The molecule has 110 valence electrons. The first kappa shape index (κ1) is 14.8. The minimum Gasteiger partial charge on any atom is -0.395 e. The van der Waals surface area contributed by atoms with Crippen LogP contribution in [0.2, 0.25) is 0 Å². The van der Waals surface area contributed by atoms with E-state index in [4.69, 9.17) is 5.11 Å².